The van der Waals surface area contributed by atoms with Crippen molar-refractivity contribution in [3.05, 3.63) is 59.4 Å². The van der Waals surface area contributed by atoms with Crippen molar-refractivity contribution in [3.8, 4) is 11.5 Å². The van der Waals surface area contributed by atoms with Crippen LogP contribution in [0.2, 0.25) is 0 Å². The fourth-order valence-electron chi connectivity index (χ4n) is 2.98. The Morgan fingerprint density at radius 1 is 1.16 bits per heavy atom. The van der Waals surface area contributed by atoms with Gasteiger partial charge in [0, 0.05) is 12.1 Å². The minimum atomic E-state index is -0.490. The second kappa shape index (κ2) is 7.53. The Labute approximate surface area is 145 Å². The maximum atomic E-state index is 14.0. The lowest BCUT2D eigenvalue weighted by Crippen LogP contribution is -2.42. The maximum Gasteiger partial charge on any atom is 0.257 e. The summed E-state index contributed by atoms with van der Waals surface area (Å²) in [5.41, 5.74) is 0.869. The molecular weight excluding hydrogens is 325 g/mol. The van der Waals surface area contributed by atoms with E-state index < -0.39 is 6.10 Å². The molecule has 0 aromatic heterocycles. The summed E-state index contributed by atoms with van der Waals surface area (Å²) in [6, 6.07) is 11.6. The van der Waals surface area contributed by atoms with Crippen LogP contribution in [0.15, 0.2) is 42.5 Å². The van der Waals surface area contributed by atoms with Crippen molar-refractivity contribution in [1.82, 2.24) is 4.90 Å². The first-order valence-electron chi connectivity index (χ1n) is 8.02. The van der Waals surface area contributed by atoms with Crippen LogP contribution in [0.1, 0.15) is 22.0 Å². The Kier molecular flexibility index (Phi) is 5.19. The van der Waals surface area contributed by atoms with Gasteiger partial charge in [0.1, 0.15) is 11.9 Å². The van der Waals surface area contributed by atoms with Gasteiger partial charge >= 0.3 is 0 Å². The molecule has 0 bridgehead atoms. The van der Waals surface area contributed by atoms with E-state index >= 15 is 0 Å². The highest BCUT2D eigenvalue weighted by Crippen LogP contribution is 2.33. The summed E-state index contributed by atoms with van der Waals surface area (Å²) in [5, 5.41) is 0. The molecule has 2 aromatic carbocycles. The third-order valence-electron chi connectivity index (χ3n) is 4.24. The molecule has 0 N–H and O–H groups in total. The van der Waals surface area contributed by atoms with Crippen molar-refractivity contribution in [1.29, 1.82) is 0 Å². The van der Waals surface area contributed by atoms with Gasteiger partial charge in [-0.2, -0.15) is 0 Å². The highest BCUT2D eigenvalue weighted by molar-refractivity contribution is 5.98. The average molecular weight is 345 g/mol. The van der Waals surface area contributed by atoms with Crippen molar-refractivity contribution in [2.24, 2.45) is 0 Å². The molecule has 1 heterocycles. The SMILES string of the molecule is COc1cccc(C(=O)N2CCO[C@H](c3ccccc3F)C2)c1OC. The number of ether oxygens (including phenoxy) is 3. The Bertz CT molecular complexity index is 765. The van der Waals surface area contributed by atoms with Gasteiger partial charge in [-0.25, -0.2) is 4.39 Å². The van der Waals surface area contributed by atoms with Crippen LogP contribution in [0.3, 0.4) is 0 Å². The number of rotatable bonds is 4. The van der Waals surface area contributed by atoms with E-state index in [4.69, 9.17) is 14.2 Å². The first-order valence-corrected chi connectivity index (χ1v) is 8.02. The lowest BCUT2D eigenvalue weighted by atomic mass is 10.1. The summed E-state index contributed by atoms with van der Waals surface area (Å²) < 4.78 is 30.3. The molecule has 1 aliphatic heterocycles. The van der Waals surface area contributed by atoms with E-state index in [1.807, 2.05) is 0 Å². The molecule has 0 spiro atoms. The van der Waals surface area contributed by atoms with Crippen molar-refractivity contribution in [2.45, 2.75) is 6.10 Å². The van der Waals surface area contributed by atoms with Crippen LogP contribution < -0.4 is 9.47 Å². The number of hydrogen-bond donors (Lipinski definition) is 0. The highest BCUT2D eigenvalue weighted by atomic mass is 19.1. The summed E-state index contributed by atoms with van der Waals surface area (Å²) >= 11 is 0. The van der Waals surface area contributed by atoms with Gasteiger partial charge in [0.05, 0.1) is 32.9 Å². The van der Waals surface area contributed by atoms with Crippen molar-refractivity contribution < 1.29 is 23.4 Å². The minimum absolute atomic E-state index is 0.194. The highest BCUT2D eigenvalue weighted by Gasteiger charge is 2.29. The summed E-state index contributed by atoms with van der Waals surface area (Å²) in [7, 11) is 3.02. The van der Waals surface area contributed by atoms with E-state index in [1.54, 1.807) is 41.3 Å². The number of amides is 1. The van der Waals surface area contributed by atoms with Gasteiger partial charge in [0.25, 0.3) is 5.91 Å². The van der Waals surface area contributed by atoms with Gasteiger partial charge in [-0.3, -0.25) is 4.79 Å². The molecule has 1 saturated heterocycles. The normalized spacial score (nSPS) is 17.2. The number of methoxy groups -OCH3 is 2. The third kappa shape index (κ3) is 3.44. The van der Waals surface area contributed by atoms with E-state index in [1.165, 1.54) is 20.3 Å². The topological polar surface area (TPSA) is 48.0 Å². The van der Waals surface area contributed by atoms with Gasteiger partial charge in [0.15, 0.2) is 11.5 Å². The number of benzene rings is 2. The molecule has 0 aliphatic carbocycles. The molecule has 0 saturated carbocycles. The fraction of sp³-hybridized carbons (Fsp3) is 0.316. The molecular formula is C19H20FNO4. The van der Waals surface area contributed by atoms with Crippen LogP contribution in [0.4, 0.5) is 4.39 Å². The van der Waals surface area contributed by atoms with E-state index in [9.17, 15) is 9.18 Å². The first-order chi connectivity index (χ1) is 12.2. The summed E-state index contributed by atoms with van der Waals surface area (Å²) in [6.45, 7) is 1.06. The number of halogens is 1. The molecule has 25 heavy (non-hydrogen) atoms. The summed E-state index contributed by atoms with van der Waals surface area (Å²) in [5.74, 6) is 0.359. The summed E-state index contributed by atoms with van der Waals surface area (Å²) in [6.07, 6.45) is -0.490. The lowest BCUT2D eigenvalue weighted by molar-refractivity contribution is -0.0244. The summed E-state index contributed by atoms with van der Waals surface area (Å²) in [4.78, 5) is 14.6. The van der Waals surface area contributed by atoms with Gasteiger partial charge in [0.2, 0.25) is 0 Å². The lowest BCUT2D eigenvalue weighted by Gasteiger charge is -2.33. The molecule has 5 nitrogen and oxygen atoms in total. The average Bonchev–Trinajstić information content (AvgIpc) is 2.67. The largest absolute Gasteiger partial charge is 0.493 e. The molecule has 0 unspecified atom stereocenters. The standard InChI is InChI=1S/C19H20FNO4/c1-23-16-9-5-7-14(18(16)24-2)19(22)21-10-11-25-17(12-21)13-6-3-4-8-15(13)20/h3-9,17H,10-12H2,1-2H3/t17-/m0/s1. The van der Waals surface area contributed by atoms with Gasteiger partial charge in [-0.05, 0) is 18.2 Å². The van der Waals surface area contributed by atoms with Crippen LogP contribution in [0, 0.1) is 5.82 Å². The van der Waals surface area contributed by atoms with E-state index in [0.29, 0.717) is 35.8 Å². The predicted octanol–water partition coefficient (Wildman–Crippen LogP) is 3.06. The van der Waals surface area contributed by atoms with Crippen molar-refractivity contribution >= 4 is 5.91 Å². The van der Waals surface area contributed by atoms with Gasteiger partial charge in [-0.1, -0.05) is 24.3 Å². The minimum Gasteiger partial charge on any atom is -0.493 e. The Balaban J connectivity index is 1.85. The molecule has 0 radical (unpaired) electrons. The maximum absolute atomic E-state index is 14.0. The molecule has 3 rings (SSSR count). The smallest absolute Gasteiger partial charge is 0.257 e. The number of nitrogens with zero attached hydrogens (tertiary/aromatic N) is 1. The number of carbonyl (C=O) groups excluding carboxylic acids is 1. The van der Waals surface area contributed by atoms with E-state index in [2.05, 4.69) is 0 Å². The van der Waals surface area contributed by atoms with Crippen molar-refractivity contribution in [3.63, 3.8) is 0 Å². The monoisotopic (exact) mass is 345 g/mol. The second-order valence-corrected chi connectivity index (χ2v) is 5.67. The fourth-order valence-corrected chi connectivity index (χ4v) is 2.98. The van der Waals surface area contributed by atoms with Crippen LogP contribution >= 0.6 is 0 Å². The molecule has 1 atom stereocenters. The Hall–Kier alpha value is -2.60. The van der Waals surface area contributed by atoms with Crippen LogP contribution in [-0.4, -0.2) is 44.7 Å². The molecule has 1 amide bonds. The second-order valence-electron chi connectivity index (χ2n) is 5.67. The molecule has 132 valence electrons. The first kappa shape index (κ1) is 17.2. The number of carbonyl (C=O) groups is 1. The Morgan fingerprint density at radius 3 is 2.68 bits per heavy atom. The van der Waals surface area contributed by atoms with Crippen molar-refractivity contribution in [2.75, 3.05) is 33.9 Å². The molecule has 2 aromatic rings. The number of hydrogen-bond acceptors (Lipinski definition) is 4. The quantitative estimate of drug-likeness (QED) is 0.855. The Morgan fingerprint density at radius 2 is 1.96 bits per heavy atom. The van der Waals surface area contributed by atoms with Gasteiger partial charge < -0.3 is 19.1 Å². The molecule has 6 heteroatoms. The van der Waals surface area contributed by atoms with Crippen LogP contribution in [-0.2, 0) is 4.74 Å². The zero-order valence-electron chi connectivity index (χ0n) is 14.2. The third-order valence-corrected chi connectivity index (χ3v) is 4.24. The van der Waals surface area contributed by atoms with Crippen LogP contribution in [0.25, 0.3) is 0 Å². The number of para-hydroxylation sites is 1. The van der Waals surface area contributed by atoms with Crippen LogP contribution in [0.5, 0.6) is 11.5 Å². The molecule has 1 fully saturated rings. The van der Waals surface area contributed by atoms with E-state index in [0.717, 1.165) is 0 Å². The zero-order valence-corrected chi connectivity index (χ0v) is 14.2. The van der Waals surface area contributed by atoms with Gasteiger partial charge in [-0.15, -0.1) is 0 Å². The number of morpholine rings is 1. The predicted molar refractivity (Wildman–Crippen MR) is 90.5 cm³/mol. The van der Waals surface area contributed by atoms with E-state index in [-0.39, 0.29) is 18.3 Å². The zero-order chi connectivity index (χ0) is 17.8. The molecule has 1 aliphatic rings.